The predicted octanol–water partition coefficient (Wildman–Crippen LogP) is 1.48. The molecule has 0 amide bonds. The van der Waals surface area contributed by atoms with Gasteiger partial charge in [-0.25, -0.2) is 0 Å². The zero-order chi connectivity index (χ0) is 13.1. The SMILES string of the molecule is OC1(CNCc2n[nH]nc2-c2ccccc2)CCC1. The molecule has 19 heavy (non-hydrogen) atoms. The lowest BCUT2D eigenvalue weighted by Gasteiger charge is -2.36. The summed E-state index contributed by atoms with van der Waals surface area (Å²) in [5, 5.41) is 24.3. The Morgan fingerprint density at radius 2 is 2.00 bits per heavy atom. The van der Waals surface area contributed by atoms with E-state index in [4.69, 9.17) is 0 Å². The molecule has 100 valence electrons. The lowest BCUT2D eigenvalue weighted by atomic mass is 9.80. The largest absolute Gasteiger partial charge is 0.389 e. The van der Waals surface area contributed by atoms with Crippen molar-refractivity contribution in [2.24, 2.45) is 0 Å². The van der Waals surface area contributed by atoms with Crippen LogP contribution in [-0.2, 0) is 6.54 Å². The van der Waals surface area contributed by atoms with Gasteiger partial charge in [0.2, 0.25) is 0 Å². The van der Waals surface area contributed by atoms with Crippen molar-refractivity contribution in [3.63, 3.8) is 0 Å². The van der Waals surface area contributed by atoms with Crippen LogP contribution >= 0.6 is 0 Å². The van der Waals surface area contributed by atoms with Gasteiger partial charge in [0.25, 0.3) is 0 Å². The fraction of sp³-hybridized carbons (Fsp3) is 0.429. The van der Waals surface area contributed by atoms with E-state index >= 15 is 0 Å². The molecule has 1 fully saturated rings. The number of benzene rings is 1. The minimum atomic E-state index is -0.503. The highest BCUT2D eigenvalue weighted by Gasteiger charge is 2.33. The molecule has 0 unspecified atom stereocenters. The van der Waals surface area contributed by atoms with Gasteiger partial charge in [-0.2, -0.15) is 15.4 Å². The maximum absolute atomic E-state index is 10.0. The van der Waals surface area contributed by atoms with Crippen molar-refractivity contribution in [2.45, 2.75) is 31.4 Å². The molecule has 0 atom stereocenters. The molecular formula is C14H18N4O. The summed E-state index contributed by atoms with van der Waals surface area (Å²) in [5.74, 6) is 0. The van der Waals surface area contributed by atoms with Crippen molar-refractivity contribution in [1.29, 1.82) is 0 Å². The summed E-state index contributed by atoms with van der Waals surface area (Å²) in [7, 11) is 0. The molecule has 2 aromatic rings. The Morgan fingerprint density at radius 1 is 1.21 bits per heavy atom. The third-order valence-corrected chi connectivity index (χ3v) is 3.70. The topological polar surface area (TPSA) is 73.8 Å². The van der Waals surface area contributed by atoms with Gasteiger partial charge in [-0.1, -0.05) is 30.3 Å². The Balaban J connectivity index is 1.64. The van der Waals surface area contributed by atoms with Gasteiger partial charge < -0.3 is 10.4 Å². The number of rotatable bonds is 5. The number of aromatic nitrogens is 3. The number of nitrogens with zero attached hydrogens (tertiary/aromatic N) is 2. The van der Waals surface area contributed by atoms with Crippen LogP contribution in [-0.4, -0.2) is 32.7 Å². The van der Waals surface area contributed by atoms with Gasteiger partial charge in [0.1, 0.15) is 11.4 Å². The van der Waals surface area contributed by atoms with E-state index in [0.717, 1.165) is 36.2 Å². The van der Waals surface area contributed by atoms with Gasteiger partial charge in [-0.05, 0) is 19.3 Å². The van der Waals surface area contributed by atoms with Crippen molar-refractivity contribution in [3.8, 4) is 11.3 Å². The maximum Gasteiger partial charge on any atom is 0.117 e. The molecule has 0 saturated heterocycles. The van der Waals surface area contributed by atoms with Gasteiger partial charge in [-0.3, -0.25) is 0 Å². The van der Waals surface area contributed by atoms with E-state index in [-0.39, 0.29) is 0 Å². The summed E-state index contributed by atoms with van der Waals surface area (Å²) in [4.78, 5) is 0. The number of hydrogen-bond donors (Lipinski definition) is 3. The van der Waals surface area contributed by atoms with Crippen molar-refractivity contribution in [3.05, 3.63) is 36.0 Å². The van der Waals surface area contributed by atoms with Gasteiger partial charge in [-0.15, -0.1) is 0 Å². The zero-order valence-electron chi connectivity index (χ0n) is 10.8. The average Bonchev–Trinajstić information content (AvgIpc) is 2.86. The van der Waals surface area contributed by atoms with E-state index in [1.54, 1.807) is 0 Å². The summed E-state index contributed by atoms with van der Waals surface area (Å²) >= 11 is 0. The number of H-pyrrole nitrogens is 1. The molecule has 1 aromatic heterocycles. The van der Waals surface area contributed by atoms with Gasteiger partial charge >= 0.3 is 0 Å². The number of nitrogens with one attached hydrogen (secondary N) is 2. The Morgan fingerprint density at radius 3 is 2.68 bits per heavy atom. The quantitative estimate of drug-likeness (QED) is 0.759. The van der Waals surface area contributed by atoms with Crippen LogP contribution in [0.25, 0.3) is 11.3 Å². The van der Waals surface area contributed by atoms with Crippen LogP contribution < -0.4 is 5.32 Å². The zero-order valence-corrected chi connectivity index (χ0v) is 10.8. The van der Waals surface area contributed by atoms with Gasteiger partial charge in [0, 0.05) is 18.7 Å². The molecule has 1 saturated carbocycles. The molecular weight excluding hydrogens is 240 g/mol. The number of aliphatic hydroxyl groups is 1. The minimum absolute atomic E-state index is 0.503. The second-order valence-electron chi connectivity index (χ2n) is 5.17. The van der Waals surface area contributed by atoms with Crippen LogP contribution in [0.15, 0.2) is 30.3 Å². The number of hydrogen-bond acceptors (Lipinski definition) is 4. The summed E-state index contributed by atoms with van der Waals surface area (Å²) in [6.07, 6.45) is 2.91. The van der Waals surface area contributed by atoms with Crippen LogP contribution in [0.5, 0.6) is 0 Å². The van der Waals surface area contributed by atoms with Crippen LogP contribution in [0.2, 0.25) is 0 Å². The Bertz CT molecular complexity index is 533. The van der Waals surface area contributed by atoms with Gasteiger partial charge in [0.15, 0.2) is 0 Å². The van der Waals surface area contributed by atoms with E-state index in [9.17, 15) is 5.11 Å². The first-order valence-corrected chi connectivity index (χ1v) is 6.65. The van der Waals surface area contributed by atoms with Crippen molar-refractivity contribution in [2.75, 3.05) is 6.54 Å². The lowest BCUT2D eigenvalue weighted by Crippen LogP contribution is -2.46. The average molecular weight is 258 g/mol. The summed E-state index contributed by atoms with van der Waals surface area (Å²) < 4.78 is 0. The first-order valence-electron chi connectivity index (χ1n) is 6.65. The standard InChI is InChI=1S/C14H18N4O/c19-14(7-4-8-14)10-15-9-12-13(17-18-16-12)11-5-2-1-3-6-11/h1-3,5-6,15,19H,4,7-10H2,(H,16,17,18). The molecule has 1 aromatic carbocycles. The lowest BCUT2D eigenvalue weighted by molar-refractivity contribution is -0.0315. The molecule has 1 aliphatic carbocycles. The van der Waals surface area contributed by atoms with Crippen LogP contribution in [0.4, 0.5) is 0 Å². The third kappa shape index (κ3) is 2.67. The monoisotopic (exact) mass is 258 g/mol. The number of aromatic amines is 1. The van der Waals surface area contributed by atoms with E-state index < -0.39 is 5.60 Å². The molecule has 1 aliphatic rings. The molecule has 5 nitrogen and oxygen atoms in total. The third-order valence-electron chi connectivity index (χ3n) is 3.70. The Labute approximate surface area is 112 Å². The molecule has 0 radical (unpaired) electrons. The fourth-order valence-electron chi connectivity index (χ4n) is 2.38. The van der Waals surface area contributed by atoms with Crippen molar-refractivity contribution >= 4 is 0 Å². The molecule has 1 heterocycles. The van der Waals surface area contributed by atoms with Crippen molar-refractivity contribution in [1.82, 2.24) is 20.7 Å². The van der Waals surface area contributed by atoms with Crippen LogP contribution in [0, 0.1) is 0 Å². The van der Waals surface area contributed by atoms with E-state index in [2.05, 4.69) is 20.7 Å². The summed E-state index contributed by atoms with van der Waals surface area (Å²) in [6.45, 7) is 1.23. The highest BCUT2D eigenvalue weighted by molar-refractivity contribution is 5.60. The molecule has 3 rings (SSSR count). The summed E-state index contributed by atoms with van der Waals surface area (Å²) in [5.41, 5.74) is 2.30. The van der Waals surface area contributed by atoms with Gasteiger partial charge in [0.05, 0.1) is 5.60 Å². The second-order valence-corrected chi connectivity index (χ2v) is 5.17. The highest BCUT2D eigenvalue weighted by atomic mass is 16.3. The molecule has 0 bridgehead atoms. The summed E-state index contributed by atoms with van der Waals surface area (Å²) in [6, 6.07) is 9.98. The first kappa shape index (κ1) is 12.3. The minimum Gasteiger partial charge on any atom is -0.389 e. The second kappa shape index (κ2) is 5.11. The molecule has 0 spiro atoms. The maximum atomic E-state index is 10.0. The molecule has 5 heteroatoms. The molecule has 0 aliphatic heterocycles. The van der Waals surface area contributed by atoms with E-state index in [1.807, 2.05) is 30.3 Å². The van der Waals surface area contributed by atoms with Crippen LogP contribution in [0.3, 0.4) is 0 Å². The predicted molar refractivity (Wildman–Crippen MR) is 72.3 cm³/mol. The van der Waals surface area contributed by atoms with Crippen molar-refractivity contribution < 1.29 is 5.11 Å². The normalized spacial score (nSPS) is 17.1. The smallest absolute Gasteiger partial charge is 0.117 e. The Hall–Kier alpha value is -1.72. The Kier molecular flexibility index (Phi) is 3.31. The first-order chi connectivity index (χ1) is 9.27. The van der Waals surface area contributed by atoms with E-state index in [1.165, 1.54) is 0 Å². The van der Waals surface area contributed by atoms with E-state index in [0.29, 0.717) is 13.1 Å². The molecule has 3 N–H and O–H groups in total. The fourth-order valence-corrected chi connectivity index (χ4v) is 2.38. The van der Waals surface area contributed by atoms with Crippen LogP contribution in [0.1, 0.15) is 25.0 Å². The highest BCUT2D eigenvalue weighted by Crippen LogP contribution is 2.30.